The second-order valence-corrected chi connectivity index (χ2v) is 11.0. The van der Waals surface area contributed by atoms with Crippen LogP contribution in [0.1, 0.15) is 0 Å². The van der Waals surface area contributed by atoms with Crippen LogP contribution in [-0.2, 0) is 0 Å². The first-order valence-electron chi connectivity index (χ1n) is 15.0. The van der Waals surface area contributed by atoms with Crippen molar-refractivity contribution in [2.24, 2.45) is 0 Å². The number of nitrogens with zero attached hydrogens (tertiary/aromatic N) is 2. The summed E-state index contributed by atoms with van der Waals surface area (Å²) in [5.74, 6) is 0. The molecule has 0 spiro atoms. The predicted octanol–water partition coefficient (Wildman–Crippen LogP) is 11.6. The van der Waals surface area contributed by atoms with Gasteiger partial charge >= 0.3 is 0 Å². The molecule has 0 saturated carbocycles. The minimum absolute atomic E-state index is 1.11. The lowest BCUT2D eigenvalue weighted by atomic mass is 9.99. The first-order valence-corrected chi connectivity index (χ1v) is 15.0. The molecule has 7 aromatic carbocycles. The highest BCUT2D eigenvalue weighted by atomic mass is 15.1. The molecule has 208 valence electrons. The van der Waals surface area contributed by atoms with E-state index in [9.17, 15) is 0 Å². The summed E-state index contributed by atoms with van der Waals surface area (Å²) in [6.07, 6.45) is 0. The summed E-state index contributed by atoms with van der Waals surface area (Å²) >= 11 is 0. The molecular formula is C42H30N2. The predicted molar refractivity (Wildman–Crippen MR) is 186 cm³/mol. The smallest absolute Gasteiger partial charge is 0.0562 e. The van der Waals surface area contributed by atoms with Crippen molar-refractivity contribution in [3.05, 3.63) is 182 Å². The minimum atomic E-state index is 1.11. The van der Waals surface area contributed by atoms with E-state index in [1.54, 1.807) is 0 Å². The average molecular weight is 563 g/mol. The van der Waals surface area contributed by atoms with E-state index in [0.717, 1.165) is 22.7 Å². The summed E-state index contributed by atoms with van der Waals surface area (Å²) in [6, 6.07) is 65.0. The Morgan fingerprint density at radius 1 is 0.364 bits per heavy atom. The van der Waals surface area contributed by atoms with Gasteiger partial charge in [-0.15, -0.1) is 0 Å². The van der Waals surface area contributed by atoms with E-state index in [-0.39, 0.29) is 0 Å². The lowest BCUT2D eigenvalue weighted by molar-refractivity contribution is 1.18. The Morgan fingerprint density at radius 2 is 0.932 bits per heavy atom. The summed E-state index contributed by atoms with van der Waals surface area (Å²) in [6.45, 7) is 0. The van der Waals surface area contributed by atoms with Crippen LogP contribution in [0, 0.1) is 0 Å². The fourth-order valence-corrected chi connectivity index (χ4v) is 6.39. The van der Waals surface area contributed by atoms with Gasteiger partial charge in [0.2, 0.25) is 0 Å². The van der Waals surface area contributed by atoms with Gasteiger partial charge in [0.05, 0.1) is 11.0 Å². The highest BCUT2D eigenvalue weighted by molar-refractivity contribution is 6.16. The zero-order valence-corrected chi connectivity index (χ0v) is 24.2. The third-order valence-electron chi connectivity index (χ3n) is 8.36. The molecule has 0 aliphatic rings. The first-order chi connectivity index (χ1) is 21.8. The molecule has 0 fully saturated rings. The summed E-state index contributed by atoms with van der Waals surface area (Å²) in [5.41, 5.74) is 11.7. The second-order valence-electron chi connectivity index (χ2n) is 11.0. The molecule has 0 N–H and O–H groups in total. The van der Waals surface area contributed by atoms with Crippen molar-refractivity contribution in [2.45, 2.75) is 0 Å². The number of rotatable bonds is 6. The molecular weight excluding hydrogens is 532 g/mol. The van der Waals surface area contributed by atoms with Gasteiger partial charge in [-0.05, 0) is 76.9 Å². The van der Waals surface area contributed by atoms with E-state index in [0.29, 0.717) is 0 Å². The third kappa shape index (κ3) is 4.54. The Kier molecular flexibility index (Phi) is 6.51. The van der Waals surface area contributed by atoms with Crippen LogP contribution in [0.2, 0.25) is 0 Å². The molecule has 0 amide bonds. The van der Waals surface area contributed by atoms with Crippen LogP contribution in [0.5, 0.6) is 0 Å². The Morgan fingerprint density at radius 3 is 1.66 bits per heavy atom. The van der Waals surface area contributed by atoms with Gasteiger partial charge < -0.3 is 9.47 Å². The molecule has 8 rings (SSSR count). The largest absolute Gasteiger partial charge is 0.310 e. The molecule has 0 aliphatic carbocycles. The van der Waals surface area contributed by atoms with E-state index in [4.69, 9.17) is 0 Å². The summed E-state index contributed by atoms with van der Waals surface area (Å²) < 4.78 is 2.41. The maximum absolute atomic E-state index is 2.41. The van der Waals surface area contributed by atoms with Gasteiger partial charge in [0.15, 0.2) is 0 Å². The number of aromatic nitrogens is 1. The number of fused-ring (bicyclic) bond motifs is 3. The number of para-hydroxylation sites is 2. The Labute approximate surface area is 257 Å². The molecule has 2 nitrogen and oxygen atoms in total. The first kappa shape index (κ1) is 25.8. The molecule has 0 bridgehead atoms. The lowest BCUT2D eigenvalue weighted by Crippen LogP contribution is -2.10. The van der Waals surface area contributed by atoms with Gasteiger partial charge in [-0.25, -0.2) is 0 Å². The zero-order valence-electron chi connectivity index (χ0n) is 24.2. The van der Waals surface area contributed by atoms with Crippen LogP contribution in [0.4, 0.5) is 17.1 Å². The van der Waals surface area contributed by atoms with Gasteiger partial charge in [-0.2, -0.15) is 0 Å². The van der Waals surface area contributed by atoms with Crippen molar-refractivity contribution >= 4 is 38.9 Å². The molecule has 1 heterocycles. The summed E-state index contributed by atoms with van der Waals surface area (Å²) in [5, 5.41) is 2.50. The van der Waals surface area contributed by atoms with Gasteiger partial charge in [0.1, 0.15) is 0 Å². The third-order valence-corrected chi connectivity index (χ3v) is 8.36. The van der Waals surface area contributed by atoms with Crippen LogP contribution >= 0.6 is 0 Å². The van der Waals surface area contributed by atoms with Crippen molar-refractivity contribution in [1.82, 2.24) is 4.57 Å². The molecule has 44 heavy (non-hydrogen) atoms. The number of hydrogen-bond donors (Lipinski definition) is 0. The maximum Gasteiger partial charge on any atom is 0.0562 e. The molecule has 0 unspecified atom stereocenters. The Balaban J connectivity index is 1.39. The van der Waals surface area contributed by atoms with Crippen molar-refractivity contribution in [2.75, 3.05) is 4.90 Å². The quantitative estimate of drug-likeness (QED) is 0.196. The SMILES string of the molecule is c1ccc(-c2cccc(N(c3ccccc3)c3ccc4c5c(-c6ccccc6)cccc5n(-c5ccccc5)c4c3)c2)cc1. The fraction of sp³-hybridized carbons (Fsp3) is 0. The van der Waals surface area contributed by atoms with Gasteiger partial charge in [0.25, 0.3) is 0 Å². The van der Waals surface area contributed by atoms with E-state index >= 15 is 0 Å². The van der Waals surface area contributed by atoms with Crippen molar-refractivity contribution in [3.63, 3.8) is 0 Å². The monoisotopic (exact) mass is 562 g/mol. The number of hydrogen-bond acceptors (Lipinski definition) is 1. The number of benzene rings is 7. The van der Waals surface area contributed by atoms with E-state index in [1.165, 1.54) is 44.1 Å². The van der Waals surface area contributed by atoms with Crippen LogP contribution in [0.15, 0.2) is 182 Å². The Hall–Kier alpha value is -5.86. The van der Waals surface area contributed by atoms with Crippen LogP contribution in [0.3, 0.4) is 0 Å². The Bertz CT molecular complexity index is 2200. The lowest BCUT2D eigenvalue weighted by Gasteiger charge is -2.26. The van der Waals surface area contributed by atoms with Gasteiger partial charge in [0, 0.05) is 33.5 Å². The van der Waals surface area contributed by atoms with E-state index < -0.39 is 0 Å². The molecule has 0 saturated heterocycles. The van der Waals surface area contributed by atoms with Crippen molar-refractivity contribution in [1.29, 1.82) is 0 Å². The van der Waals surface area contributed by atoms with Gasteiger partial charge in [-0.3, -0.25) is 0 Å². The molecule has 2 heteroatoms. The highest BCUT2D eigenvalue weighted by Gasteiger charge is 2.19. The van der Waals surface area contributed by atoms with Crippen LogP contribution in [0.25, 0.3) is 49.7 Å². The maximum atomic E-state index is 2.41. The van der Waals surface area contributed by atoms with Crippen molar-refractivity contribution < 1.29 is 0 Å². The van der Waals surface area contributed by atoms with Crippen LogP contribution in [-0.4, -0.2) is 4.57 Å². The fourth-order valence-electron chi connectivity index (χ4n) is 6.39. The van der Waals surface area contributed by atoms with Crippen molar-refractivity contribution in [3.8, 4) is 27.9 Å². The molecule has 0 radical (unpaired) electrons. The molecule has 0 aliphatic heterocycles. The molecule has 1 aromatic heterocycles. The zero-order chi connectivity index (χ0) is 29.3. The number of anilines is 3. The highest BCUT2D eigenvalue weighted by Crippen LogP contribution is 2.42. The standard InChI is InChI=1S/C42H30N2/c1-5-15-31(16-6-1)33-19-13-24-36(29-33)43(34-20-9-3-10-21-34)37-27-28-39-41(30-37)44(35-22-11-4-12-23-35)40-26-14-25-38(42(39)40)32-17-7-2-8-18-32/h1-30H. The summed E-state index contributed by atoms with van der Waals surface area (Å²) in [7, 11) is 0. The van der Waals surface area contributed by atoms with Crippen LogP contribution < -0.4 is 4.90 Å². The minimum Gasteiger partial charge on any atom is -0.310 e. The summed E-state index contributed by atoms with van der Waals surface area (Å²) in [4.78, 5) is 2.36. The van der Waals surface area contributed by atoms with Gasteiger partial charge in [-0.1, -0.05) is 127 Å². The normalized spacial score (nSPS) is 11.2. The molecule has 8 aromatic rings. The second kappa shape index (κ2) is 11.1. The molecule has 0 atom stereocenters. The van der Waals surface area contributed by atoms with E-state index in [2.05, 4.69) is 191 Å². The van der Waals surface area contributed by atoms with E-state index in [1.807, 2.05) is 0 Å². The topological polar surface area (TPSA) is 8.17 Å². The average Bonchev–Trinajstić information content (AvgIpc) is 3.44.